The van der Waals surface area contributed by atoms with Gasteiger partial charge in [-0.25, -0.2) is 24.0 Å². The van der Waals surface area contributed by atoms with Crippen molar-refractivity contribution in [3.05, 3.63) is 66.6 Å². The summed E-state index contributed by atoms with van der Waals surface area (Å²) < 4.78 is 15.7. The van der Waals surface area contributed by atoms with Crippen molar-refractivity contribution in [2.45, 2.75) is 25.9 Å². The lowest BCUT2D eigenvalue weighted by Gasteiger charge is -2.20. The third-order valence-electron chi connectivity index (χ3n) is 4.95. The second-order valence-electron chi connectivity index (χ2n) is 7.09. The fraction of sp³-hybridized carbons (Fsp3) is 0.333. The van der Waals surface area contributed by atoms with Crippen molar-refractivity contribution in [3.8, 4) is 5.69 Å². The van der Waals surface area contributed by atoms with Gasteiger partial charge in [0.25, 0.3) is 0 Å². The highest BCUT2D eigenvalue weighted by Gasteiger charge is 2.25. The lowest BCUT2D eigenvalue weighted by molar-refractivity contribution is 0.612. The smallest absolute Gasteiger partial charge is 0.191 e. The summed E-state index contributed by atoms with van der Waals surface area (Å²) in [5.41, 5.74) is 2.05. The Morgan fingerprint density at radius 1 is 1.26 bits per heavy atom. The largest absolute Gasteiger partial charge is 0.357 e. The molecule has 8 nitrogen and oxygen atoms in total. The third kappa shape index (κ3) is 5.90. The van der Waals surface area contributed by atoms with Crippen LogP contribution in [0.4, 0.5) is 10.2 Å². The van der Waals surface area contributed by atoms with Crippen LogP contribution in [0.2, 0.25) is 0 Å². The number of rotatable bonds is 6. The van der Waals surface area contributed by atoms with Gasteiger partial charge in [-0.15, -0.1) is 24.0 Å². The molecule has 0 aliphatic carbocycles. The summed E-state index contributed by atoms with van der Waals surface area (Å²) in [6.45, 7) is 4.80. The fourth-order valence-electron chi connectivity index (χ4n) is 3.46. The van der Waals surface area contributed by atoms with Gasteiger partial charge in [0.1, 0.15) is 12.7 Å². The van der Waals surface area contributed by atoms with Gasteiger partial charge in [-0.2, -0.15) is 5.10 Å². The van der Waals surface area contributed by atoms with E-state index in [2.05, 4.69) is 25.7 Å². The Bertz CT molecular complexity index is 977. The summed E-state index contributed by atoms with van der Waals surface area (Å²) in [6, 6.07) is 11.3. The number of aliphatic imine (C=N–C) groups is 1. The van der Waals surface area contributed by atoms with Crippen molar-refractivity contribution in [2.75, 3.05) is 24.5 Å². The van der Waals surface area contributed by atoms with E-state index >= 15 is 0 Å². The number of benzene rings is 1. The Morgan fingerprint density at radius 2 is 2.10 bits per heavy atom. The molecule has 1 aliphatic heterocycles. The van der Waals surface area contributed by atoms with Crippen LogP contribution in [0.3, 0.4) is 0 Å². The van der Waals surface area contributed by atoms with Gasteiger partial charge in [-0.3, -0.25) is 0 Å². The quantitative estimate of drug-likeness (QED) is 0.287. The van der Waals surface area contributed by atoms with Crippen LogP contribution < -0.4 is 15.5 Å². The van der Waals surface area contributed by atoms with Gasteiger partial charge in [0.15, 0.2) is 17.6 Å². The topological polar surface area (TPSA) is 83.3 Å². The summed E-state index contributed by atoms with van der Waals surface area (Å²) in [6.07, 6.45) is 5.70. The molecule has 4 rings (SSSR count). The Hall–Kier alpha value is -2.76. The van der Waals surface area contributed by atoms with Crippen molar-refractivity contribution < 1.29 is 4.39 Å². The predicted molar refractivity (Wildman–Crippen MR) is 130 cm³/mol. The molecule has 2 N–H and O–H groups in total. The van der Waals surface area contributed by atoms with Crippen molar-refractivity contribution in [1.29, 1.82) is 0 Å². The van der Waals surface area contributed by atoms with Crippen molar-refractivity contribution in [3.63, 3.8) is 0 Å². The average molecular weight is 536 g/mol. The molecule has 0 radical (unpaired) electrons. The molecule has 1 saturated heterocycles. The number of halogens is 2. The molecular formula is C21H26FIN8. The van der Waals surface area contributed by atoms with Gasteiger partial charge < -0.3 is 15.5 Å². The van der Waals surface area contributed by atoms with E-state index in [9.17, 15) is 4.39 Å². The standard InChI is InChI=1S/C21H25FN8.HI/c1-2-24-21(26-12-16-5-7-18(8-6-16)30-15-23-14-27-30)28-17-9-11-29(13-17)20-19(22)4-3-10-25-20;/h3-8,10,14-15,17H,2,9,11-13H2,1H3,(H2,24,26,28);1H. The van der Waals surface area contributed by atoms with Gasteiger partial charge in [0.05, 0.1) is 12.2 Å². The van der Waals surface area contributed by atoms with E-state index in [1.165, 1.54) is 12.4 Å². The summed E-state index contributed by atoms with van der Waals surface area (Å²) in [4.78, 5) is 14.8. The molecule has 10 heteroatoms. The first-order chi connectivity index (χ1) is 14.7. The monoisotopic (exact) mass is 536 g/mol. The Morgan fingerprint density at radius 3 is 2.81 bits per heavy atom. The van der Waals surface area contributed by atoms with Crippen LogP contribution in [-0.4, -0.2) is 51.4 Å². The average Bonchev–Trinajstić information content (AvgIpc) is 3.45. The van der Waals surface area contributed by atoms with E-state index in [0.29, 0.717) is 18.9 Å². The van der Waals surface area contributed by atoms with Crippen molar-refractivity contribution in [2.24, 2.45) is 4.99 Å². The molecule has 1 aromatic carbocycles. The predicted octanol–water partition coefficient (Wildman–Crippen LogP) is 2.75. The first-order valence-electron chi connectivity index (χ1n) is 10.1. The summed E-state index contributed by atoms with van der Waals surface area (Å²) in [5.74, 6) is 0.885. The molecule has 1 unspecified atom stereocenters. The second kappa shape index (κ2) is 11.0. The zero-order chi connectivity index (χ0) is 20.8. The first-order valence-corrected chi connectivity index (χ1v) is 10.1. The lowest BCUT2D eigenvalue weighted by Crippen LogP contribution is -2.44. The molecule has 0 spiro atoms. The van der Waals surface area contributed by atoms with E-state index < -0.39 is 0 Å². The molecule has 1 atom stereocenters. The van der Waals surface area contributed by atoms with E-state index in [1.54, 1.807) is 23.3 Å². The van der Waals surface area contributed by atoms with Gasteiger partial charge in [0.2, 0.25) is 0 Å². The van der Waals surface area contributed by atoms with Gasteiger partial charge >= 0.3 is 0 Å². The van der Waals surface area contributed by atoms with Crippen LogP contribution >= 0.6 is 24.0 Å². The molecule has 164 valence electrons. The molecule has 31 heavy (non-hydrogen) atoms. The number of nitrogens with zero attached hydrogens (tertiary/aromatic N) is 6. The number of pyridine rings is 1. The summed E-state index contributed by atoms with van der Waals surface area (Å²) in [7, 11) is 0. The van der Waals surface area contributed by atoms with Crippen LogP contribution in [0.15, 0.2) is 60.2 Å². The highest BCUT2D eigenvalue weighted by atomic mass is 127. The van der Waals surface area contributed by atoms with Crippen molar-refractivity contribution >= 4 is 35.8 Å². The van der Waals surface area contributed by atoms with Gasteiger partial charge in [-0.1, -0.05) is 12.1 Å². The SMILES string of the molecule is CCNC(=NCc1ccc(-n2cncn2)cc1)NC1CCN(c2ncccc2F)C1.I. The third-order valence-corrected chi connectivity index (χ3v) is 4.95. The summed E-state index contributed by atoms with van der Waals surface area (Å²) in [5, 5.41) is 10.9. The number of guanidine groups is 1. The van der Waals surface area contributed by atoms with E-state index in [4.69, 9.17) is 4.99 Å². The fourth-order valence-corrected chi connectivity index (χ4v) is 3.46. The van der Waals surface area contributed by atoms with E-state index in [1.807, 2.05) is 36.1 Å². The van der Waals surface area contributed by atoms with E-state index in [0.717, 1.165) is 36.7 Å². The molecule has 1 fully saturated rings. The van der Waals surface area contributed by atoms with Gasteiger partial charge in [-0.05, 0) is 43.2 Å². The molecule has 0 bridgehead atoms. The highest BCUT2D eigenvalue weighted by molar-refractivity contribution is 14.0. The first kappa shape index (κ1) is 22.9. The number of anilines is 1. The summed E-state index contributed by atoms with van der Waals surface area (Å²) >= 11 is 0. The number of nitrogens with one attached hydrogen (secondary N) is 2. The van der Waals surface area contributed by atoms with Crippen LogP contribution in [0.25, 0.3) is 5.69 Å². The Kier molecular flexibility index (Phi) is 8.15. The Labute approximate surface area is 198 Å². The second-order valence-corrected chi connectivity index (χ2v) is 7.09. The van der Waals surface area contributed by atoms with Crippen LogP contribution in [0.1, 0.15) is 18.9 Å². The van der Waals surface area contributed by atoms with Crippen LogP contribution in [0.5, 0.6) is 0 Å². The number of hydrogen-bond donors (Lipinski definition) is 2. The minimum atomic E-state index is -0.284. The molecule has 3 heterocycles. The Balaban J connectivity index is 0.00000272. The normalized spacial score (nSPS) is 16.1. The molecule has 2 aromatic heterocycles. The minimum Gasteiger partial charge on any atom is -0.357 e. The molecule has 0 saturated carbocycles. The van der Waals surface area contributed by atoms with Crippen LogP contribution in [0, 0.1) is 5.82 Å². The zero-order valence-electron chi connectivity index (χ0n) is 17.3. The molecular weight excluding hydrogens is 510 g/mol. The molecule has 3 aromatic rings. The van der Waals surface area contributed by atoms with Gasteiger partial charge in [0, 0.05) is 31.9 Å². The molecule has 0 amide bonds. The highest BCUT2D eigenvalue weighted by Crippen LogP contribution is 2.20. The van der Waals surface area contributed by atoms with E-state index in [-0.39, 0.29) is 35.8 Å². The molecule has 1 aliphatic rings. The lowest BCUT2D eigenvalue weighted by atomic mass is 10.2. The maximum absolute atomic E-state index is 14.0. The minimum absolute atomic E-state index is 0. The maximum Gasteiger partial charge on any atom is 0.191 e. The zero-order valence-corrected chi connectivity index (χ0v) is 19.6. The van der Waals surface area contributed by atoms with Crippen molar-refractivity contribution in [1.82, 2.24) is 30.4 Å². The number of aromatic nitrogens is 4. The number of hydrogen-bond acceptors (Lipinski definition) is 5. The van der Waals surface area contributed by atoms with Crippen LogP contribution in [-0.2, 0) is 6.54 Å². The maximum atomic E-state index is 14.0.